The Labute approximate surface area is 171 Å². The maximum atomic E-state index is 13.0. The summed E-state index contributed by atoms with van der Waals surface area (Å²) in [6, 6.07) is 8.94. The van der Waals surface area contributed by atoms with Crippen molar-refractivity contribution in [2.75, 3.05) is 11.9 Å². The van der Waals surface area contributed by atoms with Crippen LogP contribution in [0.2, 0.25) is 0 Å². The lowest BCUT2D eigenvalue weighted by Gasteiger charge is -2.34. The van der Waals surface area contributed by atoms with E-state index in [1.54, 1.807) is 4.90 Å². The molecule has 1 aromatic carbocycles. The average Bonchev–Trinajstić information content (AvgIpc) is 3.39. The summed E-state index contributed by atoms with van der Waals surface area (Å²) < 4.78 is 0. The molecule has 1 aliphatic rings. The molecule has 6 nitrogen and oxygen atoms in total. The third-order valence-corrected chi connectivity index (χ3v) is 6.31. The molecule has 0 aliphatic carbocycles. The molecule has 1 atom stereocenters. The van der Waals surface area contributed by atoms with Gasteiger partial charge in [-0.1, -0.05) is 23.5 Å². The molecule has 3 aromatic rings. The van der Waals surface area contributed by atoms with E-state index in [4.69, 9.17) is 0 Å². The van der Waals surface area contributed by atoms with Crippen LogP contribution in [0.15, 0.2) is 41.1 Å². The van der Waals surface area contributed by atoms with E-state index in [0.29, 0.717) is 24.2 Å². The van der Waals surface area contributed by atoms with Crippen molar-refractivity contribution < 1.29 is 9.59 Å². The first kappa shape index (κ1) is 18.8. The predicted molar refractivity (Wildman–Crippen MR) is 112 cm³/mol. The molecular weight excluding hydrogens is 392 g/mol. The van der Waals surface area contributed by atoms with E-state index in [1.807, 2.05) is 48.0 Å². The van der Waals surface area contributed by atoms with Gasteiger partial charge in [-0.15, -0.1) is 10.2 Å². The zero-order valence-electron chi connectivity index (χ0n) is 15.4. The molecule has 0 saturated carbocycles. The van der Waals surface area contributed by atoms with E-state index in [9.17, 15) is 9.59 Å². The molecule has 1 unspecified atom stereocenters. The number of carbonyl (C=O) groups excluding carboxylic acids is 2. The molecule has 144 valence electrons. The third kappa shape index (κ3) is 3.98. The fraction of sp³-hybridized carbons (Fsp3) is 0.300. The summed E-state index contributed by atoms with van der Waals surface area (Å²) >= 11 is 3.00. The second kappa shape index (κ2) is 8.20. The summed E-state index contributed by atoms with van der Waals surface area (Å²) in [6.07, 6.45) is 2.54. The third-order valence-electron chi connectivity index (χ3n) is 4.74. The Balaban J connectivity index is 1.51. The van der Waals surface area contributed by atoms with Crippen LogP contribution in [0.4, 0.5) is 5.69 Å². The van der Waals surface area contributed by atoms with Crippen LogP contribution in [-0.2, 0) is 4.79 Å². The first-order chi connectivity index (χ1) is 13.6. The van der Waals surface area contributed by atoms with Gasteiger partial charge in [-0.3, -0.25) is 9.59 Å². The molecule has 3 heterocycles. The number of aromatic nitrogens is 2. The number of carbonyl (C=O) groups is 2. The summed E-state index contributed by atoms with van der Waals surface area (Å²) in [5, 5.41) is 16.6. The Bertz CT molecular complexity index is 984. The Morgan fingerprint density at radius 3 is 2.86 bits per heavy atom. The quantitative estimate of drug-likeness (QED) is 0.697. The summed E-state index contributed by atoms with van der Waals surface area (Å²) in [7, 11) is 0. The van der Waals surface area contributed by atoms with Crippen molar-refractivity contribution in [2.24, 2.45) is 0 Å². The fourth-order valence-corrected chi connectivity index (χ4v) is 4.69. The van der Waals surface area contributed by atoms with Crippen LogP contribution in [-0.4, -0.2) is 39.5 Å². The van der Waals surface area contributed by atoms with E-state index in [-0.39, 0.29) is 11.8 Å². The number of hydrogen-bond acceptors (Lipinski definition) is 6. The van der Waals surface area contributed by atoms with Crippen molar-refractivity contribution in [3.8, 4) is 10.6 Å². The van der Waals surface area contributed by atoms with Gasteiger partial charge in [0.2, 0.25) is 5.91 Å². The zero-order chi connectivity index (χ0) is 19.5. The minimum atomic E-state index is -0.450. The molecule has 2 amide bonds. The van der Waals surface area contributed by atoms with Gasteiger partial charge in [-0.05, 0) is 49.8 Å². The molecule has 1 saturated heterocycles. The molecule has 1 N–H and O–H groups in total. The number of rotatable bonds is 4. The van der Waals surface area contributed by atoms with E-state index in [0.717, 1.165) is 28.4 Å². The molecule has 2 aromatic heterocycles. The molecular formula is C20H20N4O2S2. The Hall–Kier alpha value is -2.58. The van der Waals surface area contributed by atoms with Crippen LogP contribution in [0.3, 0.4) is 0 Å². The first-order valence-electron chi connectivity index (χ1n) is 9.16. The van der Waals surface area contributed by atoms with Gasteiger partial charge in [-0.25, -0.2) is 0 Å². The number of nitrogens with zero attached hydrogens (tertiary/aromatic N) is 3. The van der Waals surface area contributed by atoms with E-state index >= 15 is 0 Å². The van der Waals surface area contributed by atoms with Gasteiger partial charge in [0.15, 0.2) is 0 Å². The van der Waals surface area contributed by atoms with Gasteiger partial charge in [0.25, 0.3) is 5.91 Å². The highest BCUT2D eigenvalue weighted by Gasteiger charge is 2.32. The fourth-order valence-electron chi connectivity index (χ4n) is 3.37. The Morgan fingerprint density at radius 1 is 1.21 bits per heavy atom. The highest BCUT2D eigenvalue weighted by molar-refractivity contribution is 7.14. The number of anilines is 1. The van der Waals surface area contributed by atoms with Gasteiger partial charge in [-0.2, -0.15) is 11.3 Å². The number of piperidine rings is 1. The number of amides is 2. The monoisotopic (exact) mass is 412 g/mol. The van der Waals surface area contributed by atoms with Gasteiger partial charge in [0, 0.05) is 23.2 Å². The lowest BCUT2D eigenvalue weighted by molar-refractivity contribution is -0.121. The lowest BCUT2D eigenvalue weighted by Crippen LogP contribution is -2.49. The molecule has 0 bridgehead atoms. The van der Waals surface area contributed by atoms with Crippen LogP contribution in [0, 0.1) is 6.92 Å². The van der Waals surface area contributed by atoms with Crippen molar-refractivity contribution in [3.63, 3.8) is 0 Å². The van der Waals surface area contributed by atoms with Crippen molar-refractivity contribution in [2.45, 2.75) is 32.2 Å². The number of benzene rings is 1. The number of hydrogen-bond donors (Lipinski definition) is 1. The summed E-state index contributed by atoms with van der Waals surface area (Å²) in [4.78, 5) is 27.5. The zero-order valence-corrected chi connectivity index (χ0v) is 17.1. The number of nitrogens with one attached hydrogen (secondary N) is 1. The summed E-state index contributed by atoms with van der Waals surface area (Å²) in [6.45, 7) is 2.52. The van der Waals surface area contributed by atoms with E-state index < -0.39 is 6.04 Å². The van der Waals surface area contributed by atoms with Crippen LogP contribution in [0.1, 0.15) is 34.6 Å². The SMILES string of the molecule is Cc1nnc(-c2cccc(NC(=O)C3CCCCN3C(=O)c3ccsc3)c2)s1. The van der Waals surface area contributed by atoms with Gasteiger partial charge < -0.3 is 10.2 Å². The molecule has 4 rings (SSSR count). The summed E-state index contributed by atoms with van der Waals surface area (Å²) in [5.74, 6) is -0.215. The molecule has 0 spiro atoms. The van der Waals surface area contributed by atoms with Gasteiger partial charge in [0.1, 0.15) is 16.1 Å². The maximum absolute atomic E-state index is 13.0. The van der Waals surface area contributed by atoms with Crippen LogP contribution in [0.25, 0.3) is 10.6 Å². The highest BCUT2D eigenvalue weighted by Crippen LogP contribution is 2.27. The van der Waals surface area contributed by atoms with E-state index in [2.05, 4.69) is 15.5 Å². The maximum Gasteiger partial charge on any atom is 0.255 e. The lowest BCUT2D eigenvalue weighted by atomic mass is 10.00. The average molecular weight is 413 g/mol. The minimum absolute atomic E-state index is 0.0702. The number of likely N-dealkylation sites (tertiary alicyclic amines) is 1. The predicted octanol–water partition coefficient (Wildman–Crippen LogP) is 4.21. The Kier molecular flexibility index (Phi) is 5.50. The second-order valence-corrected chi connectivity index (χ2v) is 8.68. The van der Waals surface area contributed by atoms with Gasteiger partial charge in [0.05, 0.1) is 5.56 Å². The topological polar surface area (TPSA) is 75.2 Å². The van der Waals surface area contributed by atoms with Gasteiger partial charge >= 0.3 is 0 Å². The van der Waals surface area contributed by atoms with Crippen LogP contribution in [0.5, 0.6) is 0 Å². The summed E-state index contributed by atoms with van der Waals surface area (Å²) in [5.41, 5.74) is 2.26. The Morgan fingerprint density at radius 2 is 2.11 bits per heavy atom. The number of aryl methyl sites for hydroxylation is 1. The van der Waals surface area contributed by atoms with Crippen molar-refractivity contribution in [1.29, 1.82) is 0 Å². The molecule has 8 heteroatoms. The smallest absolute Gasteiger partial charge is 0.255 e. The second-order valence-electron chi connectivity index (χ2n) is 6.72. The molecule has 28 heavy (non-hydrogen) atoms. The van der Waals surface area contributed by atoms with Crippen molar-refractivity contribution in [3.05, 3.63) is 51.7 Å². The standard InChI is InChI=1S/C20H20N4O2S2/c1-13-22-23-19(28-13)14-5-4-6-16(11-14)21-18(25)17-7-2-3-9-24(17)20(26)15-8-10-27-12-15/h4-6,8,10-12,17H,2-3,7,9H2,1H3,(H,21,25). The normalized spacial score (nSPS) is 16.8. The van der Waals surface area contributed by atoms with Crippen LogP contribution >= 0.6 is 22.7 Å². The van der Waals surface area contributed by atoms with Crippen molar-refractivity contribution in [1.82, 2.24) is 15.1 Å². The molecule has 1 fully saturated rings. The van der Waals surface area contributed by atoms with Crippen molar-refractivity contribution >= 4 is 40.2 Å². The van der Waals surface area contributed by atoms with Crippen LogP contribution < -0.4 is 5.32 Å². The minimum Gasteiger partial charge on any atom is -0.327 e. The molecule has 1 aliphatic heterocycles. The van der Waals surface area contributed by atoms with E-state index in [1.165, 1.54) is 22.7 Å². The highest BCUT2D eigenvalue weighted by atomic mass is 32.1. The molecule has 0 radical (unpaired) electrons. The first-order valence-corrected chi connectivity index (χ1v) is 10.9. The largest absolute Gasteiger partial charge is 0.327 e. The number of thiophene rings is 1.